The summed E-state index contributed by atoms with van der Waals surface area (Å²) in [5, 5.41) is 5.56. The van der Waals surface area contributed by atoms with Gasteiger partial charge in [0.2, 0.25) is 11.7 Å². The van der Waals surface area contributed by atoms with Gasteiger partial charge in [0.05, 0.1) is 11.4 Å². The van der Waals surface area contributed by atoms with Gasteiger partial charge in [-0.1, -0.05) is 11.2 Å². The van der Waals surface area contributed by atoms with Crippen molar-refractivity contribution in [2.45, 2.75) is 6.92 Å². The van der Waals surface area contributed by atoms with Crippen LogP contribution in [0, 0.1) is 12.7 Å². The van der Waals surface area contributed by atoms with Crippen molar-refractivity contribution in [2.24, 2.45) is 0 Å². The highest BCUT2D eigenvalue weighted by Gasteiger charge is 2.09. The Balaban J connectivity index is 1.80. The fourth-order valence-electron chi connectivity index (χ4n) is 2.38. The third-order valence-electron chi connectivity index (χ3n) is 3.49. The van der Waals surface area contributed by atoms with E-state index in [0.717, 1.165) is 16.3 Å². The molecule has 23 heavy (non-hydrogen) atoms. The second-order valence-corrected chi connectivity index (χ2v) is 5.13. The Morgan fingerprint density at radius 1 is 0.957 bits per heavy atom. The predicted octanol–water partition coefficient (Wildman–Crippen LogP) is 3.79. The maximum atomic E-state index is 13.2. The van der Waals surface area contributed by atoms with Crippen LogP contribution >= 0.6 is 0 Å². The molecule has 0 saturated carbocycles. The van der Waals surface area contributed by atoms with Gasteiger partial charge in [-0.25, -0.2) is 4.39 Å². The lowest BCUT2D eigenvalue weighted by Gasteiger charge is -2.04. The fourth-order valence-corrected chi connectivity index (χ4v) is 2.38. The normalized spacial score (nSPS) is 11.0. The monoisotopic (exact) mass is 306 g/mol. The Morgan fingerprint density at radius 3 is 2.65 bits per heavy atom. The highest BCUT2D eigenvalue weighted by Crippen LogP contribution is 2.24. The molecule has 4 rings (SSSR count). The molecule has 0 aliphatic carbocycles. The van der Waals surface area contributed by atoms with E-state index in [4.69, 9.17) is 4.52 Å². The van der Waals surface area contributed by atoms with Crippen LogP contribution in [0.3, 0.4) is 0 Å². The summed E-state index contributed by atoms with van der Waals surface area (Å²) >= 11 is 0. The van der Waals surface area contributed by atoms with Gasteiger partial charge in [0.1, 0.15) is 5.82 Å². The van der Waals surface area contributed by atoms with Crippen LogP contribution < -0.4 is 0 Å². The number of rotatable bonds is 2. The number of hydrogen-bond donors (Lipinski definition) is 0. The molecule has 0 amide bonds. The summed E-state index contributed by atoms with van der Waals surface area (Å²) in [5.41, 5.74) is 2.19. The minimum Gasteiger partial charge on any atom is -0.339 e. The van der Waals surface area contributed by atoms with Gasteiger partial charge in [0, 0.05) is 30.3 Å². The molecule has 3 aromatic heterocycles. The molecule has 5 nitrogen and oxygen atoms in total. The van der Waals surface area contributed by atoms with Crippen LogP contribution in [0.5, 0.6) is 0 Å². The van der Waals surface area contributed by atoms with Crippen molar-refractivity contribution in [3.63, 3.8) is 0 Å². The molecule has 0 radical (unpaired) electrons. The van der Waals surface area contributed by atoms with Gasteiger partial charge < -0.3 is 4.52 Å². The summed E-state index contributed by atoms with van der Waals surface area (Å²) < 4.78 is 18.2. The minimum absolute atomic E-state index is 0.278. The maximum absolute atomic E-state index is 13.2. The van der Waals surface area contributed by atoms with Crippen molar-refractivity contribution in [3.05, 3.63) is 60.5 Å². The summed E-state index contributed by atoms with van der Waals surface area (Å²) in [6.07, 6.45) is 3.31. The number of aryl methyl sites for hydroxylation is 1. The topological polar surface area (TPSA) is 64.7 Å². The van der Waals surface area contributed by atoms with E-state index < -0.39 is 0 Å². The molecule has 0 aliphatic rings. The summed E-state index contributed by atoms with van der Waals surface area (Å²) in [6, 6.07) is 10.1. The van der Waals surface area contributed by atoms with Crippen LogP contribution in [0.2, 0.25) is 0 Å². The standard InChI is InChI=1S/C17H11FN4O/c1-10-21-17(22-23-10)12-4-5-19-15(8-12)16-7-11-2-3-14(18)6-13(11)9-20-16/h2-9H,1H3. The third kappa shape index (κ3) is 2.55. The van der Waals surface area contributed by atoms with E-state index in [9.17, 15) is 4.39 Å². The van der Waals surface area contributed by atoms with Crippen LogP contribution in [-0.4, -0.2) is 20.1 Å². The van der Waals surface area contributed by atoms with Crippen LogP contribution in [0.25, 0.3) is 33.5 Å². The first-order chi connectivity index (χ1) is 11.2. The number of pyridine rings is 2. The molecule has 0 N–H and O–H groups in total. The third-order valence-corrected chi connectivity index (χ3v) is 3.49. The van der Waals surface area contributed by atoms with Gasteiger partial charge in [-0.05, 0) is 35.7 Å². The van der Waals surface area contributed by atoms with Crippen LogP contribution in [-0.2, 0) is 0 Å². The highest BCUT2D eigenvalue weighted by molar-refractivity contribution is 5.85. The molecule has 112 valence electrons. The molecule has 0 spiro atoms. The first-order valence-electron chi connectivity index (χ1n) is 7.01. The Morgan fingerprint density at radius 2 is 1.83 bits per heavy atom. The van der Waals surface area contributed by atoms with Gasteiger partial charge in [-0.3, -0.25) is 9.97 Å². The molecule has 0 bridgehead atoms. The van der Waals surface area contributed by atoms with Gasteiger partial charge in [0.15, 0.2) is 0 Å². The fraction of sp³-hybridized carbons (Fsp3) is 0.0588. The molecule has 6 heteroatoms. The number of hydrogen-bond acceptors (Lipinski definition) is 5. The Bertz CT molecular complexity index is 1010. The molecule has 0 atom stereocenters. The number of aromatic nitrogens is 4. The van der Waals surface area contributed by atoms with Crippen molar-refractivity contribution in [2.75, 3.05) is 0 Å². The molecule has 0 unspecified atom stereocenters. The van der Waals surface area contributed by atoms with E-state index in [-0.39, 0.29) is 5.82 Å². The molecule has 0 fully saturated rings. The Hall–Kier alpha value is -3.15. The van der Waals surface area contributed by atoms with E-state index in [1.165, 1.54) is 12.1 Å². The average molecular weight is 306 g/mol. The quantitative estimate of drug-likeness (QED) is 0.563. The predicted molar refractivity (Wildman–Crippen MR) is 83.0 cm³/mol. The van der Waals surface area contributed by atoms with Crippen molar-refractivity contribution in [1.29, 1.82) is 0 Å². The van der Waals surface area contributed by atoms with Crippen molar-refractivity contribution in [1.82, 2.24) is 20.1 Å². The zero-order valence-electron chi connectivity index (χ0n) is 12.2. The lowest BCUT2D eigenvalue weighted by Crippen LogP contribution is -1.90. The van der Waals surface area contributed by atoms with E-state index in [0.29, 0.717) is 23.1 Å². The van der Waals surface area contributed by atoms with Crippen LogP contribution in [0.15, 0.2) is 53.3 Å². The number of nitrogens with zero attached hydrogens (tertiary/aromatic N) is 4. The van der Waals surface area contributed by atoms with Gasteiger partial charge in [-0.15, -0.1) is 0 Å². The summed E-state index contributed by atoms with van der Waals surface area (Å²) in [6.45, 7) is 1.74. The maximum Gasteiger partial charge on any atom is 0.223 e. The van der Waals surface area contributed by atoms with Gasteiger partial charge in [0.25, 0.3) is 0 Å². The molecule has 1 aromatic carbocycles. The summed E-state index contributed by atoms with van der Waals surface area (Å²) in [4.78, 5) is 12.9. The van der Waals surface area contributed by atoms with Gasteiger partial charge >= 0.3 is 0 Å². The van der Waals surface area contributed by atoms with E-state index in [1.807, 2.05) is 18.2 Å². The van der Waals surface area contributed by atoms with Crippen LogP contribution in [0.1, 0.15) is 5.89 Å². The average Bonchev–Trinajstić information content (AvgIpc) is 3.01. The number of fused-ring (bicyclic) bond motifs is 1. The highest BCUT2D eigenvalue weighted by atomic mass is 19.1. The molecule has 0 aliphatic heterocycles. The first kappa shape index (κ1) is 13.5. The van der Waals surface area contributed by atoms with Gasteiger partial charge in [-0.2, -0.15) is 4.98 Å². The largest absolute Gasteiger partial charge is 0.339 e. The van der Waals surface area contributed by atoms with E-state index in [1.54, 1.807) is 25.4 Å². The zero-order chi connectivity index (χ0) is 15.8. The Kier molecular flexibility index (Phi) is 3.08. The lowest BCUT2D eigenvalue weighted by molar-refractivity contribution is 0.394. The molecular weight excluding hydrogens is 295 g/mol. The second kappa shape index (κ2) is 5.24. The van der Waals surface area contributed by atoms with Crippen molar-refractivity contribution in [3.8, 4) is 22.8 Å². The molecule has 3 heterocycles. The lowest BCUT2D eigenvalue weighted by atomic mass is 10.1. The van der Waals surface area contributed by atoms with Crippen molar-refractivity contribution >= 4 is 10.8 Å². The minimum atomic E-state index is -0.278. The number of benzene rings is 1. The summed E-state index contributed by atoms with van der Waals surface area (Å²) in [7, 11) is 0. The molecule has 0 saturated heterocycles. The van der Waals surface area contributed by atoms with E-state index >= 15 is 0 Å². The van der Waals surface area contributed by atoms with Crippen LogP contribution in [0.4, 0.5) is 4.39 Å². The van der Waals surface area contributed by atoms with E-state index in [2.05, 4.69) is 20.1 Å². The van der Waals surface area contributed by atoms with Crippen molar-refractivity contribution < 1.29 is 8.91 Å². The first-order valence-corrected chi connectivity index (χ1v) is 7.01. The molecular formula is C17H11FN4O. The Labute approximate surface area is 130 Å². The smallest absolute Gasteiger partial charge is 0.223 e. The second-order valence-electron chi connectivity index (χ2n) is 5.13. The number of halogens is 1. The summed E-state index contributed by atoms with van der Waals surface area (Å²) in [5.74, 6) is 0.734. The SMILES string of the molecule is Cc1nc(-c2ccnc(-c3cc4ccc(F)cc4cn3)c2)no1. The zero-order valence-corrected chi connectivity index (χ0v) is 12.2. The molecule has 4 aromatic rings.